The molecule has 16 heteroatoms. The number of nitrogens with zero attached hydrogens (tertiary/aromatic N) is 10. The van der Waals surface area contributed by atoms with Gasteiger partial charge in [-0.2, -0.15) is 15.2 Å². The van der Waals surface area contributed by atoms with Crippen molar-refractivity contribution < 1.29 is 10.2 Å². The Balaban J connectivity index is 0.993. The van der Waals surface area contributed by atoms with Gasteiger partial charge in [-0.1, -0.05) is 32.0 Å². The summed E-state index contributed by atoms with van der Waals surface area (Å²) >= 11 is 0. The van der Waals surface area contributed by atoms with Crippen LogP contribution in [-0.4, -0.2) is 77.1 Å². The molecule has 6 heterocycles. The zero-order valence-electron chi connectivity index (χ0n) is 41.3. The summed E-state index contributed by atoms with van der Waals surface area (Å²) in [6.07, 6.45) is 8.40. The summed E-state index contributed by atoms with van der Waals surface area (Å²) in [6.45, 7) is 14.8. The van der Waals surface area contributed by atoms with Crippen molar-refractivity contribution in [3.05, 3.63) is 128 Å². The molecule has 0 spiro atoms. The first-order valence-corrected chi connectivity index (χ1v) is 24.4. The lowest BCUT2D eigenvalue weighted by Crippen LogP contribution is -2.43. The van der Waals surface area contributed by atoms with Gasteiger partial charge in [0.1, 0.15) is 34.5 Å². The Morgan fingerprint density at radius 3 is 1.77 bits per heavy atom. The Kier molecular flexibility index (Phi) is 11.8. The van der Waals surface area contributed by atoms with Gasteiger partial charge in [0.05, 0.1) is 35.4 Å². The van der Waals surface area contributed by atoms with E-state index < -0.39 is 11.2 Å². The Labute approximate surface area is 409 Å². The second-order valence-electron chi connectivity index (χ2n) is 20.3. The van der Waals surface area contributed by atoms with Crippen molar-refractivity contribution in [1.29, 1.82) is 5.26 Å². The third-order valence-corrected chi connectivity index (χ3v) is 15.6. The Bertz CT molecular complexity index is 3170. The number of hydrogen-bond donors (Lipinski definition) is 6. The molecule has 358 valence electrons. The van der Waals surface area contributed by atoms with Crippen LogP contribution in [0.3, 0.4) is 0 Å². The van der Waals surface area contributed by atoms with Crippen molar-refractivity contribution in [3.8, 4) is 12.1 Å². The maximum Gasteiger partial charge on any atom is 0.349 e. The highest BCUT2D eigenvalue weighted by Gasteiger charge is 2.42. The van der Waals surface area contributed by atoms with Crippen molar-refractivity contribution in [1.82, 2.24) is 39.7 Å². The van der Waals surface area contributed by atoms with Crippen LogP contribution < -0.4 is 21.3 Å². The summed E-state index contributed by atoms with van der Waals surface area (Å²) in [5, 5.41) is 47.0. The summed E-state index contributed by atoms with van der Waals surface area (Å²) in [5.41, 5.74) is 8.71. The van der Waals surface area contributed by atoms with E-state index in [1.54, 1.807) is 12.3 Å². The molecule has 0 amide bonds. The van der Waals surface area contributed by atoms with Crippen molar-refractivity contribution in [2.24, 2.45) is 0 Å². The Hall–Kier alpha value is -7.08. The number of aromatic nitrogens is 6. The molecule has 16 nitrogen and oxygen atoms in total. The normalized spacial score (nSPS) is 20.8. The average Bonchev–Trinajstić information content (AvgIpc) is 3.87. The van der Waals surface area contributed by atoms with Crippen LogP contribution in [0.25, 0.3) is 4.85 Å². The maximum absolute atomic E-state index is 11.9. The third kappa shape index (κ3) is 8.45. The standard InChI is InChI=1S/C54H60N14O2/c1-9-53(69)21-17-32-11-16-43(61-45(32)53)63-48-36(31-58-50(66-48)60-38-13-15-41-34(26-38)20-24-68(8)52(41,5)6)30-56-42-27-44(62-46-39(42)18-22-54(46,70)10-2)64-47-35(28-55)29-57-49(65-47)59-37-12-14-40-33(25-37)19-23-67(7)51(40,3)4/h11-16,25-27,29,31,69-70H,9-10,17-24H2,1-8H3,(H3,57,59,60,61,62,63,64,65,66)/p+1/t53-,54+/m0/s1. The molecule has 10 rings (SSSR count). The fraction of sp³-hybridized carbons (Fsp3) is 0.407. The lowest BCUT2D eigenvalue weighted by atomic mass is 9.83. The van der Waals surface area contributed by atoms with E-state index in [1.807, 2.05) is 32.0 Å². The van der Waals surface area contributed by atoms with Crippen LogP contribution in [0.1, 0.15) is 123 Å². The lowest BCUT2D eigenvalue weighted by molar-refractivity contribution is 0.0304. The van der Waals surface area contributed by atoms with Gasteiger partial charge in [-0.25, -0.2) is 19.9 Å². The summed E-state index contributed by atoms with van der Waals surface area (Å²) in [4.78, 5) is 38.5. The number of nitrogens with one attached hydrogen (secondary N) is 4. The number of hydrogen-bond acceptors (Lipinski definition) is 15. The molecule has 2 atom stereocenters. The highest BCUT2D eigenvalue weighted by atomic mass is 16.3. The molecule has 0 saturated carbocycles. The molecular formula is C54H61N14O2+. The van der Waals surface area contributed by atoms with Gasteiger partial charge in [0.2, 0.25) is 11.9 Å². The molecule has 6 N–H and O–H groups in total. The van der Waals surface area contributed by atoms with Crippen molar-refractivity contribution in [2.45, 2.75) is 115 Å². The number of aliphatic hydroxyl groups is 2. The van der Waals surface area contributed by atoms with Gasteiger partial charge in [0.25, 0.3) is 0 Å². The van der Waals surface area contributed by atoms with Crippen LogP contribution in [0.4, 0.5) is 52.2 Å². The third-order valence-electron chi connectivity index (χ3n) is 15.6. The molecule has 0 bridgehead atoms. The molecule has 2 aliphatic carbocycles. The van der Waals surface area contributed by atoms with Gasteiger partial charge in [0.15, 0.2) is 17.2 Å². The van der Waals surface area contributed by atoms with Crippen LogP contribution >= 0.6 is 0 Å². The number of benzene rings is 2. The summed E-state index contributed by atoms with van der Waals surface area (Å²) in [6, 6.07) is 23.9. The predicted octanol–water partition coefficient (Wildman–Crippen LogP) is 9.45. The first-order chi connectivity index (χ1) is 33.5. The Morgan fingerprint density at radius 2 is 1.17 bits per heavy atom. The molecule has 0 radical (unpaired) electrons. The lowest BCUT2D eigenvalue weighted by Gasteiger charge is -2.41. The topological polar surface area (TPSA) is 201 Å². The number of pyridine rings is 2. The quantitative estimate of drug-likeness (QED) is 0.0758. The van der Waals surface area contributed by atoms with E-state index in [9.17, 15) is 15.5 Å². The fourth-order valence-corrected chi connectivity index (χ4v) is 10.5. The second-order valence-corrected chi connectivity index (χ2v) is 20.3. The first kappa shape index (κ1) is 46.6. The van der Waals surface area contributed by atoms with Gasteiger partial charge in [-0.05, 0) is 156 Å². The molecule has 2 aromatic carbocycles. The van der Waals surface area contributed by atoms with Crippen LogP contribution in [0.2, 0.25) is 0 Å². The number of likely N-dealkylation sites (N-methyl/N-ethyl adjacent to an activating group) is 2. The maximum atomic E-state index is 11.9. The van der Waals surface area contributed by atoms with Crippen molar-refractivity contribution >= 4 is 52.2 Å². The molecule has 4 aliphatic rings. The first-order valence-electron chi connectivity index (χ1n) is 24.4. The van der Waals surface area contributed by atoms with Gasteiger partial charge in [-0.3, -0.25) is 9.80 Å². The average molecular weight is 938 g/mol. The summed E-state index contributed by atoms with van der Waals surface area (Å²) in [5.74, 6) is 2.18. The zero-order chi connectivity index (χ0) is 49.2. The molecule has 2 aliphatic heterocycles. The highest BCUT2D eigenvalue weighted by Crippen LogP contribution is 2.45. The largest absolute Gasteiger partial charge is 0.384 e. The SMILES string of the molecule is CC[C@]1(O)CCc2ccc(Nc3nc(Nc4ccc5c(c4)CCN(C)C5(C)C)ncc3C#[N+]c3cc(Nc4nc(Nc5ccc6c(c5)CCN(C)C6(C)C)ncc4C#N)nc4c3CC[C@]4(O)CC)nc21. The van der Waals surface area contributed by atoms with Crippen LogP contribution in [0.5, 0.6) is 0 Å². The number of rotatable bonds is 10. The van der Waals surface area contributed by atoms with E-state index in [1.165, 1.54) is 28.5 Å². The molecule has 4 aromatic heterocycles. The summed E-state index contributed by atoms with van der Waals surface area (Å²) < 4.78 is 0. The monoisotopic (exact) mass is 938 g/mol. The van der Waals surface area contributed by atoms with E-state index in [0.717, 1.165) is 54.9 Å². The molecule has 70 heavy (non-hydrogen) atoms. The molecule has 0 saturated heterocycles. The minimum atomic E-state index is -1.19. The minimum Gasteiger partial charge on any atom is -0.384 e. The second kappa shape index (κ2) is 17.7. The van der Waals surface area contributed by atoms with E-state index in [2.05, 4.69) is 120 Å². The Morgan fingerprint density at radius 1 is 0.629 bits per heavy atom. The van der Waals surface area contributed by atoms with E-state index >= 15 is 0 Å². The van der Waals surface area contributed by atoms with Gasteiger partial charge in [0, 0.05) is 35.5 Å². The molecular weight excluding hydrogens is 877 g/mol. The van der Waals surface area contributed by atoms with E-state index in [0.29, 0.717) is 84.1 Å². The van der Waals surface area contributed by atoms with Crippen LogP contribution in [0, 0.1) is 17.4 Å². The van der Waals surface area contributed by atoms with Crippen LogP contribution in [0.15, 0.2) is 67.0 Å². The predicted molar refractivity (Wildman–Crippen MR) is 273 cm³/mol. The molecule has 6 aromatic rings. The van der Waals surface area contributed by atoms with Gasteiger partial charge in [-0.15, -0.1) is 0 Å². The fourth-order valence-electron chi connectivity index (χ4n) is 10.5. The molecule has 0 fully saturated rings. The van der Waals surface area contributed by atoms with E-state index in [4.69, 9.17) is 29.8 Å². The van der Waals surface area contributed by atoms with Crippen molar-refractivity contribution in [2.75, 3.05) is 48.5 Å². The summed E-state index contributed by atoms with van der Waals surface area (Å²) in [7, 11) is 4.32. The van der Waals surface area contributed by atoms with Gasteiger partial charge >= 0.3 is 11.8 Å². The van der Waals surface area contributed by atoms with Gasteiger partial charge < -0.3 is 31.5 Å². The zero-order valence-corrected chi connectivity index (χ0v) is 41.3. The number of anilines is 8. The minimum absolute atomic E-state index is 0.0840. The van der Waals surface area contributed by atoms with Crippen LogP contribution in [-0.2, 0) is 48.0 Å². The number of nitriles is 1. The molecule has 0 unspecified atom stereocenters. The highest BCUT2D eigenvalue weighted by molar-refractivity contribution is 5.71. The smallest absolute Gasteiger partial charge is 0.349 e. The number of aryl methyl sites for hydroxylation is 1. The van der Waals surface area contributed by atoms with E-state index in [-0.39, 0.29) is 22.5 Å². The van der Waals surface area contributed by atoms with Crippen molar-refractivity contribution in [3.63, 3.8) is 0 Å². The number of fused-ring (bicyclic) bond motifs is 4.